The molecule has 1 aromatic heterocycles. The van der Waals surface area contributed by atoms with Gasteiger partial charge in [0.05, 0.1) is 12.2 Å². The third-order valence-electron chi connectivity index (χ3n) is 4.48. The van der Waals surface area contributed by atoms with Crippen LogP contribution in [-0.2, 0) is 4.74 Å². The second-order valence-electron chi connectivity index (χ2n) is 6.58. The zero-order chi connectivity index (χ0) is 18.5. The highest BCUT2D eigenvalue weighted by Gasteiger charge is 2.21. The summed E-state index contributed by atoms with van der Waals surface area (Å²) in [5, 5.41) is 3.21. The smallest absolute Gasteiger partial charge is 0.338 e. The number of nitrogens with one attached hydrogen (secondary N) is 1. The lowest BCUT2D eigenvalue weighted by molar-refractivity contribution is 0.0526. The molecule has 26 heavy (non-hydrogen) atoms. The van der Waals surface area contributed by atoms with Gasteiger partial charge in [-0.1, -0.05) is 6.92 Å². The standard InChI is InChI=1S/C19H25N5O2/c1-3-26-19(25)14-6-8-15(9-7-14)23-17-16(20)18(22-12-21-17)24-10-4-5-13(2)11-24/h6-9,12-13H,3-5,10-11,20H2,1-2H3,(H,21,22,23). The third-order valence-corrected chi connectivity index (χ3v) is 4.48. The largest absolute Gasteiger partial charge is 0.462 e. The van der Waals surface area contributed by atoms with E-state index in [9.17, 15) is 4.79 Å². The lowest BCUT2D eigenvalue weighted by Gasteiger charge is -2.32. The molecule has 1 saturated heterocycles. The molecule has 1 aromatic carbocycles. The first kappa shape index (κ1) is 18.0. The summed E-state index contributed by atoms with van der Waals surface area (Å²) in [6.07, 6.45) is 3.91. The summed E-state index contributed by atoms with van der Waals surface area (Å²) >= 11 is 0. The summed E-state index contributed by atoms with van der Waals surface area (Å²) in [4.78, 5) is 22.6. The van der Waals surface area contributed by atoms with E-state index >= 15 is 0 Å². The minimum Gasteiger partial charge on any atom is -0.462 e. The minimum absolute atomic E-state index is 0.331. The fraction of sp³-hybridized carbons (Fsp3) is 0.421. The molecule has 0 bridgehead atoms. The molecule has 3 N–H and O–H groups in total. The van der Waals surface area contributed by atoms with Gasteiger partial charge in [0.15, 0.2) is 11.6 Å². The number of rotatable bonds is 5. The molecular formula is C19H25N5O2. The fourth-order valence-electron chi connectivity index (χ4n) is 3.16. The number of aromatic nitrogens is 2. The van der Waals surface area contributed by atoms with Crippen LogP contribution in [0.3, 0.4) is 0 Å². The third kappa shape index (κ3) is 4.04. The van der Waals surface area contributed by atoms with Gasteiger partial charge in [-0.3, -0.25) is 0 Å². The Morgan fingerprint density at radius 2 is 2.12 bits per heavy atom. The second kappa shape index (κ2) is 8.03. The first-order chi connectivity index (χ1) is 12.6. The van der Waals surface area contributed by atoms with Gasteiger partial charge in [0.25, 0.3) is 0 Å². The Bertz CT molecular complexity index is 763. The van der Waals surface area contributed by atoms with Crippen LogP contribution in [0.5, 0.6) is 0 Å². The summed E-state index contributed by atoms with van der Waals surface area (Å²) in [7, 11) is 0. The first-order valence-electron chi connectivity index (χ1n) is 8.98. The Labute approximate surface area is 153 Å². The Balaban J connectivity index is 1.76. The van der Waals surface area contributed by atoms with Crippen molar-refractivity contribution < 1.29 is 9.53 Å². The molecule has 1 fully saturated rings. The molecule has 0 spiro atoms. The highest BCUT2D eigenvalue weighted by atomic mass is 16.5. The van der Waals surface area contributed by atoms with Crippen LogP contribution in [0.4, 0.5) is 23.0 Å². The van der Waals surface area contributed by atoms with Crippen LogP contribution in [0.15, 0.2) is 30.6 Å². The van der Waals surface area contributed by atoms with Crippen LogP contribution in [-0.4, -0.2) is 35.6 Å². The number of hydrogen-bond acceptors (Lipinski definition) is 7. The molecule has 1 atom stereocenters. The van der Waals surface area contributed by atoms with Gasteiger partial charge in [-0.05, 0) is 49.9 Å². The number of nitrogen functional groups attached to an aromatic ring is 1. The van der Waals surface area contributed by atoms with E-state index in [1.807, 2.05) is 0 Å². The maximum atomic E-state index is 11.7. The molecule has 7 nitrogen and oxygen atoms in total. The molecule has 0 saturated carbocycles. The topological polar surface area (TPSA) is 93.4 Å². The van der Waals surface area contributed by atoms with E-state index in [1.54, 1.807) is 31.2 Å². The van der Waals surface area contributed by atoms with Crippen molar-refractivity contribution >= 4 is 29.0 Å². The van der Waals surface area contributed by atoms with Crippen LogP contribution in [0.2, 0.25) is 0 Å². The molecule has 1 aliphatic rings. The van der Waals surface area contributed by atoms with Gasteiger partial charge in [0.2, 0.25) is 0 Å². The van der Waals surface area contributed by atoms with Crippen LogP contribution >= 0.6 is 0 Å². The van der Waals surface area contributed by atoms with E-state index in [2.05, 4.69) is 27.1 Å². The van der Waals surface area contributed by atoms with Crippen LogP contribution in [0.25, 0.3) is 0 Å². The quantitative estimate of drug-likeness (QED) is 0.795. The number of carbonyl (C=O) groups is 1. The van der Waals surface area contributed by atoms with Gasteiger partial charge in [-0.2, -0.15) is 0 Å². The van der Waals surface area contributed by atoms with Crippen molar-refractivity contribution in [1.82, 2.24) is 9.97 Å². The molecule has 1 unspecified atom stereocenters. The number of carbonyl (C=O) groups excluding carboxylic acids is 1. The lowest BCUT2D eigenvalue weighted by atomic mass is 10.0. The van der Waals surface area contributed by atoms with Gasteiger partial charge >= 0.3 is 5.97 Å². The van der Waals surface area contributed by atoms with E-state index in [1.165, 1.54) is 12.7 Å². The van der Waals surface area contributed by atoms with Crippen LogP contribution in [0, 0.1) is 5.92 Å². The van der Waals surface area contributed by atoms with Crippen molar-refractivity contribution in [3.05, 3.63) is 36.2 Å². The maximum Gasteiger partial charge on any atom is 0.338 e. The second-order valence-corrected chi connectivity index (χ2v) is 6.58. The van der Waals surface area contributed by atoms with Gasteiger partial charge in [-0.15, -0.1) is 0 Å². The average Bonchev–Trinajstić information content (AvgIpc) is 2.64. The molecule has 0 aliphatic carbocycles. The number of benzene rings is 1. The summed E-state index contributed by atoms with van der Waals surface area (Å²) in [5.74, 6) is 1.64. The molecule has 0 radical (unpaired) electrons. The van der Waals surface area contributed by atoms with Gasteiger partial charge < -0.3 is 20.7 Å². The first-order valence-corrected chi connectivity index (χ1v) is 8.98. The van der Waals surface area contributed by atoms with Crippen molar-refractivity contribution in [2.45, 2.75) is 26.7 Å². The monoisotopic (exact) mass is 355 g/mol. The Hall–Kier alpha value is -2.83. The van der Waals surface area contributed by atoms with Crippen LogP contribution < -0.4 is 16.0 Å². The summed E-state index contributed by atoms with van der Waals surface area (Å²) in [6.45, 7) is 6.29. The zero-order valence-corrected chi connectivity index (χ0v) is 15.2. The SMILES string of the molecule is CCOC(=O)c1ccc(Nc2ncnc(N3CCCC(C)C3)c2N)cc1. The summed E-state index contributed by atoms with van der Waals surface area (Å²) < 4.78 is 4.99. The highest BCUT2D eigenvalue weighted by molar-refractivity contribution is 5.90. The summed E-state index contributed by atoms with van der Waals surface area (Å²) in [6, 6.07) is 7.03. The minimum atomic E-state index is -0.331. The number of ether oxygens (including phenoxy) is 1. The van der Waals surface area contributed by atoms with Gasteiger partial charge in [0.1, 0.15) is 12.0 Å². The normalized spacial score (nSPS) is 17.0. The van der Waals surface area contributed by atoms with Gasteiger partial charge in [0, 0.05) is 18.8 Å². The van der Waals surface area contributed by atoms with E-state index in [4.69, 9.17) is 10.5 Å². The number of esters is 1. The number of hydrogen-bond donors (Lipinski definition) is 2. The van der Waals surface area contributed by atoms with E-state index in [0.29, 0.717) is 29.6 Å². The van der Waals surface area contributed by atoms with Crippen molar-refractivity contribution in [3.63, 3.8) is 0 Å². The Kier molecular flexibility index (Phi) is 5.55. The van der Waals surface area contributed by atoms with Crippen LogP contribution in [0.1, 0.15) is 37.0 Å². The fourth-order valence-corrected chi connectivity index (χ4v) is 3.16. The molecule has 138 valence electrons. The predicted octanol–water partition coefficient (Wildman–Crippen LogP) is 3.22. The van der Waals surface area contributed by atoms with E-state index in [-0.39, 0.29) is 5.97 Å². The maximum absolute atomic E-state index is 11.7. The van der Waals surface area contributed by atoms with Crippen molar-refractivity contribution in [2.24, 2.45) is 5.92 Å². The molecule has 7 heteroatoms. The van der Waals surface area contributed by atoms with Crippen molar-refractivity contribution in [2.75, 3.05) is 35.6 Å². The van der Waals surface area contributed by atoms with E-state index < -0.39 is 0 Å². The molecular weight excluding hydrogens is 330 g/mol. The van der Waals surface area contributed by atoms with Gasteiger partial charge in [-0.25, -0.2) is 14.8 Å². The summed E-state index contributed by atoms with van der Waals surface area (Å²) in [5.41, 5.74) is 8.16. The van der Waals surface area contributed by atoms with Crippen molar-refractivity contribution in [3.8, 4) is 0 Å². The highest BCUT2D eigenvalue weighted by Crippen LogP contribution is 2.31. The Morgan fingerprint density at radius 3 is 2.81 bits per heavy atom. The Morgan fingerprint density at radius 1 is 1.35 bits per heavy atom. The molecule has 1 aliphatic heterocycles. The predicted molar refractivity (Wildman–Crippen MR) is 103 cm³/mol. The number of piperidine rings is 1. The molecule has 2 heterocycles. The average molecular weight is 355 g/mol. The lowest BCUT2D eigenvalue weighted by Crippen LogP contribution is -2.35. The zero-order valence-electron chi connectivity index (χ0n) is 15.2. The number of nitrogens with zero attached hydrogens (tertiary/aromatic N) is 3. The molecule has 3 rings (SSSR count). The molecule has 0 amide bonds. The number of nitrogens with two attached hydrogens (primary N) is 1. The van der Waals surface area contributed by atoms with E-state index in [0.717, 1.165) is 31.0 Å². The molecule has 2 aromatic rings. The number of anilines is 4. The van der Waals surface area contributed by atoms with Crippen molar-refractivity contribution in [1.29, 1.82) is 0 Å².